The maximum atomic E-state index is 13.6. The van der Waals surface area contributed by atoms with E-state index in [4.69, 9.17) is 4.74 Å². The Balaban J connectivity index is 1.60. The first-order valence-corrected chi connectivity index (χ1v) is 6.78. The first-order chi connectivity index (χ1) is 11.2. The lowest BCUT2D eigenvalue weighted by atomic mass is 10.2. The molecule has 2 heterocycles. The highest BCUT2D eigenvalue weighted by atomic mass is 19.1. The summed E-state index contributed by atoms with van der Waals surface area (Å²) < 4.78 is 20.1. The van der Waals surface area contributed by atoms with Crippen LogP contribution in [0.2, 0.25) is 0 Å². The Labute approximate surface area is 130 Å². The van der Waals surface area contributed by atoms with E-state index in [0.29, 0.717) is 11.3 Å². The third-order valence-electron chi connectivity index (χ3n) is 3.00. The molecule has 0 bridgehead atoms. The average Bonchev–Trinajstić information content (AvgIpc) is 3.03. The summed E-state index contributed by atoms with van der Waals surface area (Å²) in [6.45, 7) is 0.199. The van der Waals surface area contributed by atoms with Gasteiger partial charge in [-0.05, 0) is 6.07 Å². The van der Waals surface area contributed by atoms with E-state index in [1.54, 1.807) is 24.4 Å². The minimum atomic E-state index is -0.596. The fraction of sp³-hybridized carbons (Fsp3) is 0.133. The van der Waals surface area contributed by atoms with Crippen molar-refractivity contribution in [1.29, 1.82) is 0 Å². The molecule has 3 aromatic rings. The first-order valence-electron chi connectivity index (χ1n) is 6.78. The molecular formula is C15H12FN5O2. The Kier molecular flexibility index (Phi) is 4.32. The zero-order valence-corrected chi connectivity index (χ0v) is 12.0. The van der Waals surface area contributed by atoms with Crippen LogP contribution in [0, 0.1) is 5.82 Å². The second-order valence-electron chi connectivity index (χ2n) is 4.67. The third-order valence-corrected chi connectivity index (χ3v) is 3.00. The van der Waals surface area contributed by atoms with E-state index in [1.165, 1.54) is 29.3 Å². The zero-order chi connectivity index (χ0) is 16.1. The van der Waals surface area contributed by atoms with Gasteiger partial charge in [-0.3, -0.25) is 4.98 Å². The maximum absolute atomic E-state index is 13.6. The van der Waals surface area contributed by atoms with Gasteiger partial charge in [-0.25, -0.2) is 18.9 Å². The molecular weight excluding hydrogens is 301 g/mol. The zero-order valence-electron chi connectivity index (χ0n) is 12.0. The molecule has 0 radical (unpaired) electrons. The fourth-order valence-electron chi connectivity index (χ4n) is 1.90. The van der Waals surface area contributed by atoms with Crippen LogP contribution in [0.1, 0.15) is 21.7 Å². The minimum Gasteiger partial charge on any atom is -0.454 e. The molecule has 0 aliphatic rings. The van der Waals surface area contributed by atoms with Crippen molar-refractivity contribution in [2.24, 2.45) is 0 Å². The number of aromatic nitrogens is 5. The Hall–Kier alpha value is -3.16. The SMILES string of the molecule is O=C(OCc1cn(Cc2ccccc2F)nn1)c1cnccn1. The molecule has 2 aromatic heterocycles. The number of halogens is 1. The molecule has 23 heavy (non-hydrogen) atoms. The number of esters is 1. The van der Waals surface area contributed by atoms with E-state index in [1.807, 2.05) is 0 Å². The van der Waals surface area contributed by atoms with Gasteiger partial charge in [0.05, 0.1) is 18.9 Å². The lowest BCUT2D eigenvalue weighted by Crippen LogP contribution is -2.07. The van der Waals surface area contributed by atoms with Crippen LogP contribution < -0.4 is 0 Å². The van der Waals surface area contributed by atoms with E-state index in [9.17, 15) is 9.18 Å². The monoisotopic (exact) mass is 313 g/mol. The quantitative estimate of drug-likeness (QED) is 0.666. The second-order valence-corrected chi connectivity index (χ2v) is 4.67. The van der Waals surface area contributed by atoms with E-state index >= 15 is 0 Å². The van der Waals surface area contributed by atoms with Crippen LogP contribution in [0.25, 0.3) is 0 Å². The van der Waals surface area contributed by atoms with Crippen molar-refractivity contribution in [2.45, 2.75) is 13.2 Å². The van der Waals surface area contributed by atoms with Gasteiger partial charge in [-0.2, -0.15) is 0 Å². The van der Waals surface area contributed by atoms with Crippen molar-refractivity contribution in [2.75, 3.05) is 0 Å². The molecule has 0 unspecified atom stereocenters. The highest BCUT2D eigenvalue weighted by Gasteiger charge is 2.11. The normalized spacial score (nSPS) is 10.5. The predicted molar refractivity (Wildman–Crippen MR) is 76.7 cm³/mol. The van der Waals surface area contributed by atoms with E-state index in [0.717, 1.165) is 0 Å². The summed E-state index contributed by atoms with van der Waals surface area (Å²) >= 11 is 0. The van der Waals surface area contributed by atoms with Gasteiger partial charge in [0.25, 0.3) is 0 Å². The molecule has 0 saturated heterocycles. The number of ether oxygens (including phenoxy) is 1. The van der Waals surface area contributed by atoms with Crippen LogP contribution >= 0.6 is 0 Å². The van der Waals surface area contributed by atoms with Gasteiger partial charge >= 0.3 is 5.97 Å². The Morgan fingerprint density at radius 2 is 2.13 bits per heavy atom. The van der Waals surface area contributed by atoms with Crippen molar-refractivity contribution in [3.63, 3.8) is 0 Å². The maximum Gasteiger partial charge on any atom is 0.358 e. The number of nitrogens with zero attached hydrogens (tertiary/aromatic N) is 5. The summed E-state index contributed by atoms with van der Waals surface area (Å²) in [6.07, 6.45) is 5.78. The predicted octanol–water partition coefficient (Wildman–Crippen LogP) is 1.61. The molecule has 0 fully saturated rings. The number of hydrogen-bond donors (Lipinski definition) is 0. The fourth-order valence-corrected chi connectivity index (χ4v) is 1.90. The van der Waals surface area contributed by atoms with Gasteiger partial charge in [0.15, 0.2) is 5.69 Å². The Morgan fingerprint density at radius 1 is 1.26 bits per heavy atom. The molecule has 0 saturated carbocycles. The second kappa shape index (κ2) is 6.73. The standard InChI is InChI=1S/C15H12FN5O2/c16-13-4-2-1-3-11(13)8-21-9-12(19-20-21)10-23-15(22)14-7-17-5-6-18-14/h1-7,9H,8,10H2. The van der Waals surface area contributed by atoms with Gasteiger partial charge in [-0.1, -0.05) is 23.4 Å². The van der Waals surface area contributed by atoms with Gasteiger partial charge in [0.2, 0.25) is 0 Å². The molecule has 0 aliphatic carbocycles. The molecule has 3 rings (SSSR count). The molecule has 7 nitrogen and oxygen atoms in total. The summed E-state index contributed by atoms with van der Waals surface area (Å²) in [6, 6.07) is 6.43. The van der Waals surface area contributed by atoms with Gasteiger partial charge < -0.3 is 4.74 Å². The van der Waals surface area contributed by atoms with Crippen molar-refractivity contribution < 1.29 is 13.9 Å². The summed E-state index contributed by atoms with van der Waals surface area (Å²) in [5.74, 6) is -0.902. The topological polar surface area (TPSA) is 82.8 Å². The number of hydrogen-bond acceptors (Lipinski definition) is 6. The lowest BCUT2D eigenvalue weighted by molar-refractivity contribution is 0.0460. The highest BCUT2D eigenvalue weighted by molar-refractivity contribution is 5.86. The Bertz CT molecular complexity index is 806. The van der Waals surface area contributed by atoms with Crippen LogP contribution in [-0.2, 0) is 17.9 Å². The third kappa shape index (κ3) is 3.73. The van der Waals surface area contributed by atoms with Crippen molar-refractivity contribution in [3.8, 4) is 0 Å². The first kappa shape index (κ1) is 14.8. The number of carbonyl (C=O) groups excluding carboxylic acids is 1. The van der Waals surface area contributed by atoms with Gasteiger partial charge in [0.1, 0.15) is 18.1 Å². The summed E-state index contributed by atoms with van der Waals surface area (Å²) in [5.41, 5.74) is 1.07. The summed E-state index contributed by atoms with van der Waals surface area (Å²) in [7, 11) is 0. The molecule has 0 spiro atoms. The van der Waals surface area contributed by atoms with Crippen LogP contribution in [-0.4, -0.2) is 30.9 Å². The summed E-state index contributed by atoms with van der Waals surface area (Å²) in [5, 5.41) is 7.77. The minimum absolute atomic E-state index is 0.0489. The Morgan fingerprint density at radius 3 is 2.91 bits per heavy atom. The van der Waals surface area contributed by atoms with Gasteiger partial charge in [-0.15, -0.1) is 5.10 Å². The van der Waals surface area contributed by atoms with Gasteiger partial charge in [0, 0.05) is 18.0 Å². The van der Waals surface area contributed by atoms with Crippen molar-refractivity contribution in [1.82, 2.24) is 25.0 Å². The summed E-state index contributed by atoms with van der Waals surface area (Å²) in [4.78, 5) is 19.4. The molecule has 0 atom stereocenters. The van der Waals surface area contributed by atoms with Crippen molar-refractivity contribution in [3.05, 3.63) is 71.8 Å². The number of rotatable bonds is 5. The van der Waals surface area contributed by atoms with Crippen LogP contribution in [0.15, 0.2) is 49.1 Å². The number of carbonyl (C=O) groups is 1. The van der Waals surface area contributed by atoms with Crippen LogP contribution in [0.5, 0.6) is 0 Å². The van der Waals surface area contributed by atoms with E-state index in [-0.39, 0.29) is 24.7 Å². The molecule has 0 N–H and O–H groups in total. The van der Waals surface area contributed by atoms with E-state index in [2.05, 4.69) is 20.3 Å². The van der Waals surface area contributed by atoms with E-state index < -0.39 is 5.97 Å². The molecule has 0 aliphatic heterocycles. The van der Waals surface area contributed by atoms with Crippen LogP contribution in [0.4, 0.5) is 4.39 Å². The van der Waals surface area contributed by atoms with Crippen molar-refractivity contribution >= 4 is 5.97 Å². The molecule has 116 valence electrons. The lowest BCUT2D eigenvalue weighted by Gasteiger charge is -2.02. The highest BCUT2D eigenvalue weighted by Crippen LogP contribution is 2.08. The average molecular weight is 313 g/mol. The molecule has 1 aromatic carbocycles. The number of benzene rings is 1. The van der Waals surface area contributed by atoms with Crippen LogP contribution in [0.3, 0.4) is 0 Å². The largest absolute Gasteiger partial charge is 0.454 e. The smallest absolute Gasteiger partial charge is 0.358 e. The molecule has 0 amide bonds. The molecule has 8 heteroatoms.